The Morgan fingerprint density at radius 1 is 1.07 bits per heavy atom. The Bertz CT molecular complexity index is 494. The van der Waals surface area contributed by atoms with Gasteiger partial charge in [0.1, 0.15) is 6.04 Å². The Hall–Kier alpha value is -2.12. The minimum atomic E-state index is -0.912. The zero-order chi connectivity index (χ0) is 11.0. The van der Waals surface area contributed by atoms with Crippen molar-refractivity contribution in [2.45, 2.75) is 18.9 Å². The molecule has 1 fully saturated rings. The summed E-state index contributed by atoms with van der Waals surface area (Å²) in [4.78, 5) is 44.5. The summed E-state index contributed by atoms with van der Waals surface area (Å²) in [7, 11) is 0. The molecule has 1 aromatic heterocycles. The number of carbonyl (C=O) groups excluding carboxylic acids is 2. The van der Waals surface area contributed by atoms with Crippen LogP contribution in [-0.2, 0) is 9.59 Å². The van der Waals surface area contributed by atoms with Gasteiger partial charge in [-0.25, -0.2) is 24.4 Å². The van der Waals surface area contributed by atoms with Crippen molar-refractivity contribution >= 4 is 11.8 Å². The van der Waals surface area contributed by atoms with E-state index in [1.54, 1.807) is 0 Å². The third-order valence-corrected chi connectivity index (χ3v) is 2.24. The average molecular weight is 212 g/mol. The molecular weight excluding hydrogens is 204 g/mol. The summed E-state index contributed by atoms with van der Waals surface area (Å²) in [6.07, 6.45) is 0.277. The highest BCUT2D eigenvalue weighted by Gasteiger charge is 2.30. The molecule has 1 saturated heterocycles. The van der Waals surface area contributed by atoms with Crippen LogP contribution in [0.5, 0.6) is 0 Å². The van der Waals surface area contributed by atoms with Gasteiger partial charge in [0.25, 0.3) is 0 Å². The van der Waals surface area contributed by atoms with Gasteiger partial charge in [-0.1, -0.05) is 0 Å². The van der Waals surface area contributed by atoms with Crippen molar-refractivity contribution in [1.29, 1.82) is 0 Å². The van der Waals surface area contributed by atoms with Gasteiger partial charge in [0.05, 0.1) is 0 Å². The van der Waals surface area contributed by atoms with Gasteiger partial charge >= 0.3 is 11.4 Å². The molecule has 1 aliphatic rings. The third kappa shape index (κ3) is 1.49. The molecule has 3 N–H and O–H groups in total. The molecule has 0 radical (unpaired) electrons. The minimum Gasteiger partial charge on any atom is -0.295 e. The minimum absolute atomic E-state index is 0.119. The normalized spacial score (nSPS) is 21.5. The number of hydrogen-bond donors (Lipinski definition) is 3. The molecule has 2 rings (SSSR count). The van der Waals surface area contributed by atoms with Crippen molar-refractivity contribution in [2.75, 3.05) is 0 Å². The fraction of sp³-hybridized carbons (Fsp3) is 0.429. The predicted octanol–water partition coefficient (Wildman–Crippen LogP) is -2.16. The van der Waals surface area contributed by atoms with Crippen LogP contribution in [0.1, 0.15) is 18.9 Å². The van der Waals surface area contributed by atoms with Crippen LogP contribution in [0, 0.1) is 0 Å². The predicted molar refractivity (Wildman–Crippen MR) is 47.1 cm³/mol. The van der Waals surface area contributed by atoms with E-state index < -0.39 is 29.2 Å². The molecule has 2 amide bonds. The van der Waals surface area contributed by atoms with Crippen LogP contribution in [0.4, 0.5) is 0 Å². The first-order valence-electron chi connectivity index (χ1n) is 4.32. The molecule has 0 bridgehead atoms. The van der Waals surface area contributed by atoms with Crippen molar-refractivity contribution in [1.82, 2.24) is 20.1 Å². The van der Waals surface area contributed by atoms with Gasteiger partial charge in [-0.2, -0.15) is 0 Å². The smallest absolute Gasteiger partial charge is 0.295 e. The van der Waals surface area contributed by atoms with Gasteiger partial charge in [0, 0.05) is 6.42 Å². The quantitative estimate of drug-likeness (QED) is 0.460. The van der Waals surface area contributed by atoms with E-state index in [1.807, 2.05) is 0 Å². The number of amides is 2. The van der Waals surface area contributed by atoms with E-state index in [4.69, 9.17) is 0 Å². The first kappa shape index (κ1) is 9.44. The van der Waals surface area contributed by atoms with Crippen LogP contribution in [0.2, 0.25) is 0 Å². The Morgan fingerprint density at radius 2 is 1.67 bits per heavy atom. The second-order valence-corrected chi connectivity index (χ2v) is 3.20. The maximum Gasteiger partial charge on any atom is 0.345 e. The fourth-order valence-corrected chi connectivity index (χ4v) is 1.53. The molecule has 80 valence electrons. The maximum atomic E-state index is 11.3. The number of carbonyl (C=O) groups is 2. The van der Waals surface area contributed by atoms with E-state index in [-0.39, 0.29) is 12.8 Å². The van der Waals surface area contributed by atoms with E-state index in [1.165, 1.54) is 0 Å². The molecule has 0 spiro atoms. The number of aromatic nitrogens is 3. The summed E-state index contributed by atoms with van der Waals surface area (Å²) in [6.45, 7) is 0. The average Bonchev–Trinajstić information content (AvgIpc) is 2.48. The van der Waals surface area contributed by atoms with Crippen LogP contribution in [0.3, 0.4) is 0 Å². The summed E-state index contributed by atoms with van der Waals surface area (Å²) in [6, 6.07) is -0.912. The summed E-state index contributed by atoms with van der Waals surface area (Å²) in [5.41, 5.74) is -1.37. The number of hydrogen-bond acceptors (Lipinski definition) is 4. The number of piperidine rings is 1. The molecule has 8 nitrogen and oxygen atoms in total. The Morgan fingerprint density at radius 3 is 2.20 bits per heavy atom. The van der Waals surface area contributed by atoms with E-state index in [9.17, 15) is 19.2 Å². The first-order chi connectivity index (χ1) is 7.09. The molecule has 1 atom stereocenters. The number of aromatic amines is 2. The highest BCUT2D eigenvalue weighted by molar-refractivity contribution is 5.99. The zero-order valence-electron chi connectivity index (χ0n) is 7.57. The Balaban J connectivity index is 2.40. The molecule has 8 heteroatoms. The second kappa shape index (κ2) is 3.23. The maximum absolute atomic E-state index is 11.3. The molecular formula is C7H8N4O4. The zero-order valence-corrected chi connectivity index (χ0v) is 7.57. The molecule has 1 unspecified atom stereocenters. The summed E-state index contributed by atoms with van der Waals surface area (Å²) >= 11 is 0. The number of H-pyrrole nitrogens is 2. The molecule has 1 aliphatic heterocycles. The highest BCUT2D eigenvalue weighted by atomic mass is 16.2. The number of nitrogens with zero attached hydrogens (tertiary/aromatic N) is 1. The SMILES string of the molecule is O=C1CCC(n2c(=O)[nH][nH]c2=O)C(=O)N1. The molecule has 1 aromatic rings. The van der Waals surface area contributed by atoms with Crippen LogP contribution in [0.25, 0.3) is 0 Å². The summed E-state index contributed by atoms with van der Waals surface area (Å²) in [5.74, 6) is -1.02. The van der Waals surface area contributed by atoms with Crippen molar-refractivity contribution < 1.29 is 9.59 Å². The van der Waals surface area contributed by atoms with Crippen LogP contribution in [0.15, 0.2) is 9.59 Å². The molecule has 2 heterocycles. The molecule has 0 aliphatic carbocycles. The van der Waals surface area contributed by atoms with E-state index in [0.717, 1.165) is 4.57 Å². The van der Waals surface area contributed by atoms with Gasteiger partial charge in [-0.3, -0.25) is 14.9 Å². The van der Waals surface area contributed by atoms with Crippen molar-refractivity contribution in [2.24, 2.45) is 0 Å². The summed E-state index contributed by atoms with van der Waals surface area (Å²) in [5, 5.41) is 6.21. The largest absolute Gasteiger partial charge is 0.345 e. The lowest BCUT2D eigenvalue weighted by Gasteiger charge is -2.19. The van der Waals surface area contributed by atoms with Crippen molar-refractivity contribution in [3.05, 3.63) is 21.0 Å². The van der Waals surface area contributed by atoms with E-state index in [0.29, 0.717) is 0 Å². The highest BCUT2D eigenvalue weighted by Crippen LogP contribution is 2.14. The van der Waals surface area contributed by atoms with Crippen LogP contribution >= 0.6 is 0 Å². The Kier molecular flexibility index (Phi) is 2.03. The Labute approximate surface area is 82.3 Å². The van der Waals surface area contributed by atoms with Crippen LogP contribution in [-0.4, -0.2) is 26.6 Å². The van der Waals surface area contributed by atoms with E-state index >= 15 is 0 Å². The topological polar surface area (TPSA) is 117 Å². The molecule has 0 aromatic carbocycles. The van der Waals surface area contributed by atoms with Gasteiger partial charge in [0.15, 0.2) is 0 Å². The number of nitrogens with one attached hydrogen (secondary N) is 3. The lowest BCUT2D eigenvalue weighted by Crippen LogP contribution is -2.46. The monoisotopic (exact) mass is 212 g/mol. The molecule has 15 heavy (non-hydrogen) atoms. The summed E-state index contributed by atoms with van der Waals surface area (Å²) < 4.78 is 0.766. The lowest BCUT2D eigenvalue weighted by atomic mass is 10.1. The fourth-order valence-electron chi connectivity index (χ4n) is 1.53. The van der Waals surface area contributed by atoms with Crippen molar-refractivity contribution in [3.63, 3.8) is 0 Å². The second-order valence-electron chi connectivity index (χ2n) is 3.20. The van der Waals surface area contributed by atoms with Gasteiger partial charge in [-0.15, -0.1) is 0 Å². The van der Waals surface area contributed by atoms with Crippen LogP contribution < -0.4 is 16.7 Å². The standard InChI is InChI=1S/C7H8N4O4/c12-4-2-1-3(5(13)8-4)11-6(14)9-10-7(11)15/h3H,1-2H2,(H,9,14)(H,10,15)(H,8,12,13). The van der Waals surface area contributed by atoms with Gasteiger partial charge in [0.2, 0.25) is 11.8 Å². The van der Waals surface area contributed by atoms with Gasteiger partial charge in [-0.05, 0) is 6.42 Å². The van der Waals surface area contributed by atoms with Gasteiger partial charge < -0.3 is 0 Å². The first-order valence-corrected chi connectivity index (χ1v) is 4.32. The molecule has 0 saturated carbocycles. The van der Waals surface area contributed by atoms with Crippen molar-refractivity contribution in [3.8, 4) is 0 Å². The number of imide groups is 1. The van der Waals surface area contributed by atoms with E-state index in [2.05, 4.69) is 15.5 Å². The third-order valence-electron chi connectivity index (χ3n) is 2.24. The number of rotatable bonds is 1. The lowest BCUT2D eigenvalue weighted by molar-refractivity contribution is -0.135.